The number of nitrogens with one attached hydrogen (secondary N) is 1. The molecule has 6 nitrogen and oxygen atoms in total. The summed E-state index contributed by atoms with van der Waals surface area (Å²) in [6, 6.07) is 20.1. The highest BCUT2D eigenvalue weighted by molar-refractivity contribution is 5.91. The summed E-state index contributed by atoms with van der Waals surface area (Å²) in [4.78, 5) is 16.8. The molecule has 0 unspecified atom stereocenters. The second-order valence-electron chi connectivity index (χ2n) is 9.14. The number of imidazole rings is 1. The van der Waals surface area contributed by atoms with Crippen LogP contribution in [0.25, 0.3) is 11.0 Å². The smallest absolute Gasteiger partial charge is 0.286 e. The monoisotopic (exact) mass is 473 g/mol. The summed E-state index contributed by atoms with van der Waals surface area (Å²) in [5, 5.41) is 2.91. The molecule has 4 aromatic rings. The molecule has 35 heavy (non-hydrogen) atoms. The molecule has 0 radical (unpaired) electrons. The van der Waals surface area contributed by atoms with Gasteiger partial charge in [0.1, 0.15) is 11.6 Å². The minimum absolute atomic E-state index is 0.158. The molecule has 0 bridgehead atoms. The first-order valence-electron chi connectivity index (χ1n) is 12.6. The van der Waals surface area contributed by atoms with Gasteiger partial charge in [0, 0.05) is 19.5 Å². The third-order valence-corrected chi connectivity index (χ3v) is 6.18. The first kappa shape index (κ1) is 24.6. The highest BCUT2D eigenvalue weighted by atomic mass is 16.5. The van der Waals surface area contributed by atoms with E-state index in [0.717, 1.165) is 55.7 Å². The number of fused-ring (bicyclic) bond motifs is 1. The lowest BCUT2D eigenvalue weighted by molar-refractivity contribution is 0.0925. The first-order valence-corrected chi connectivity index (χ1v) is 12.6. The van der Waals surface area contributed by atoms with Crippen LogP contribution in [-0.2, 0) is 13.0 Å². The van der Waals surface area contributed by atoms with E-state index in [9.17, 15) is 4.79 Å². The number of hydrogen-bond donors (Lipinski definition) is 1. The van der Waals surface area contributed by atoms with Crippen LogP contribution in [0.15, 0.2) is 71.3 Å². The van der Waals surface area contributed by atoms with Gasteiger partial charge < -0.3 is 19.0 Å². The SMILES string of the molecule is CC(C)c1ccc(OCCCn2c(CCCCCNC(=O)c3ccco3)nc3ccccc32)cc1. The van der Waals surface area contributed by atoms with E-state index >= 15 is 0 Å². The Morgan fingerprint density at radius 3 is 2.60 bits per heavy atom. The number of unbranched alkanes of at least 4 members (excludes halogenated alkanes) is 2. The number of benzene rings is 2. The number of para-hydroxylation sites is 2. The highest BCUT2D eigenvalue weighted by Crippen LogP contribution is 2.20. The van der Waals surface area contributed by atoms with Crippen LogP contribution in [0.1, 0.15) is 67.4 Å². The molecule has 6 heteroatoms. The van der Waals surface area contributed by atoms with Crippen LogP contribution in [0, 0.1) is 0 Å². The molecule has 2 aromatic heterocycles. The van der Waals surface area contributed by atoms with Crippen molar-refractivity contribution in [1.29, 1.82) is 0 Å². The zero-order valence-electron chi connectivity index (χ0n) is 20.7. The second kappa shape index (κ2) is 12.2. The fraction of sp³-hybridized carbons (Fsp3) is 0.379. The van der Waals surface area contributed by atoms with Crippen LogP contribution in [0.5, 0.6) is 5.75 Å². The lowest BCUT2D eigenvalue weighted by Crippen LogP contribution is -2.23. The number of furan rings is 1. The van der Waals surface area contributed by atoms with E-state index < -0.39 is 0 Å². The summed E-state index contributed by atoms with van der Waals surface area (Å²) in [7, 11) is 0. The predicted molar refractivity (Wildman–Crippen MR) is 139 cm³/mol. The zero-order valence-corrected chi connectivity index (χ0v) is 20.7. The molecule has 0 aliphatic rings. The normalized spacial score (nSPS) is 11.3. The van der Waals surface area contributed by atoms with Gasteiger partial charge in [0.25, 0.3) is 5.91 Å². The van der Waals surface area contributed by atoms with Gasteiger partial charge in [-0.25, -0.2) is 4.98 Å². The third kappa shape index (κ3) is 6.75. The van der Waals surface area contributed by atoms with Crippen molar-refractivity contribution in [2.24, 2.45) is 0 Å². The van der Waals surface area contributed by atoms with Crippen LogP contribution >= 0.6 is 0 Å². The van der Waals surface area contributed by atoms with E-state index in [2.05, 4.69) is 66.2 Å². The van der Waals surface area contributed by atoms with Crippen LogP contribution in [0.3, 0.4) is 0 Å². The maximum atomic E-state index is 11.9. The van der Waals surface area contributed by atoms with Gasteiger partial charge in [-0.2, -0.15) is 0 Å². The van der Waals surface area contributed by atoms with E-state index in [1.165, 1.54) is 17.3 Å². The van der Waals surface area contributed by atoms with E-state index in [0.29, 0.717) is 24.8 Å². The minimum atomic E-state index is -0.158. The van der Waals surface area contributed by atoms with Crippen molar-refractivity contribution in [3.05, 3.63) is 84.1 Å². The molecule has 4 rings (SSSR count). The fourth-order valence-electron chi connectivity index (χ4n) is 4.21. The zero-order chi connectivity index (χ0) is 24.5. The number of aryl methyl sites for hydroxylation is 2. The number of nitrogens with zero attached hydrogens (tertiary/aromatic N) is 2. The standard InChI is InChI=1S/C29H35N3O3/c1-22(2)23-14-16-24(17-15-23)34-21-9-19-32-26-11-6-5-10-25(26)31-28(32)13-4-3-7-18-30-29(33)27-12-8-20-35-27/h5-6,8,10-12,14-17,20,22H,3-4,7,9,13,18-19,21H2,1-2H3,(H,30,33). The van der Waals surface area contributed by atoms with Gasteiger partial charge >= 0.3 is 0 Å². The second-order valence-corrected chi connectivity index (χ2v) is 9.14. The predicted octanol–water partition coefficient (Wildman–Crippen LogP) is 6.36. The fourth-order valence-corrected chi connectivity index (χ4v) is 4.21. The summed E-state index contributed by atoms with van der Waals surface area (Å²) in [5.74, 6) is 2.76. The summed E-state index contributed by atoms with van der Waals surface area (Å²) in [6.07, 6.45) is 6.32. The van der Waals surface area contributed by atoms with Crippen molar-refractivity contribution in [3.8, 4) is 5.75 Å². The minimum Gasteiger partial charge on any atom is -0.494 e. The van der Waals surface area contributed by atoms with Crippen LogP contribution in [0.2, 0.25) is 0 Å². The Morgan fingerprint density at radius 1 is 1.00 bits per heavy atom. The van der Waals surface area contributed by atoms with Gasteiger partial charge in [-0.15, -0.1) is 0 Å². The summed E-state index contributed by atoms with van der Waals surface area (Å²) >= 11 is 0. The lowest BCUT2D eigenvalue weighted by atomic mass is 10.0. The maximum Gasteiger partial charge on any atom is 0.286 e. The Hall–Kier alpha value is -3.54. The quantitative estimate of drug-likeness (QED) is 0.229. The molecule has 2 aromatic carbocycles. The Balaban J connectivity index is 1.24. The van der Waals surface area contributed by atoms with E-state index in [1.807, 2.05) is 6.07 Å². The number of hydrogen-bond acceptors (Lipinski definition) is 4. The van der Waals surface area contributed by atoms with Gasteiger partial charge in [-0.05, 0) is 67.1 Å². The number of ether oxygens (including phenoxy) is 1. The number of carbonyl (C=O) groups excluding carboxylic acids is 1. The molecule has 2 heterocycles. The van der Waals surface area contributed by atoms with Gasteiger partial charge in [0.15, 0.2) is 5.76 Å². The van der Waals surface area contributed by atoms with E-state index in [1.54, 1.807) is 12.1 Å². The van der Waals surface area contributed by atoms with Gasteiger partial charge in [0.05, 0.1) is 23.9 Å². The highest BCUT2D eigenvalue weighted by Gasteiger charge is 2.11. The molecular formula is C29H35N3O3. The Labute approximate surface area is 207 Å². The number of aromatic nitrogens is 2. The molecule has 0 aliphatic carbocycles. The van der Waals surface area contributed by atoms with E-state index in [4.69, 9.17) is 14.1 Å². The van der Waals surface area contributed by atoms with Crippen molar-refractivity contribution < 1.29 is 13.9 Å². The number of carbonyl (C=O) groups is 1. The molecule has 0 spiro atoms. The number of amides is 1. The summed E-state index contributed by atoms with van der Waals surface area (Å²) in [6.45, 7) is 6.58. The Morgan fingerprint density at radius 2 is 1.83 bits per heavy atom. The van der Waals surface area contributed by atoms with Crippen LogP contribution < -0.4 is 10.1 Å². The molecule has 0 saturated carbocycles. The molecule has 1 N–H and O–H groups in total. The summed E-state index contributed by atoms with van der Waals surface area (Å²) in [5.41, 5.74) is 3.54. The third-order valence-electron chi connectivity index (χ3n) is 6.18. The Bertz CT molecular complexity index is 1190. The first-order chi connectivity index (χ1) is 17.1. The van der Waals surface area contributed by atoms with Gasteiger partial charge in [-0.1, -0.05) is 44.5 Å². The van der Waals surface area contributed by atoms with Gasteiger partial charge in [-0.3, -0.25) is 4.79 Å². The molecule has 0 saturated heterocycles. The molecule has 184 valence electrons. The van der Waals surface area contributed by atoms with Crippen molar-refractivity contribution in [2.45, 2.75) is 58.4 Å². The lowest BCUT2D eigenvalue weighted by Gasteiger charge is -2.11. The van der Waals surface area contributed by atoms with Gasteiger partial charge in [0.2, 0.25) is 0 Å². The van der Waals surface area contributed by atoms with Crippen molar-refractivity contribution in [1.82, 2.24) is 14.9 Å². The average Bonchev–Trinajstić information content (AvgIpc) is 3.53. The van der Waals surface area contributed by atoms with Crippen molar-refractivity contribution in [3.63, 3.8) is 0 Å². The average molecular weight is 474 g/mol. The molecular weight excluding hydrogens is 438 g/mol. The van der Waals surface area contributed by atoms with Crippen molar-refractivity contribution in [2.75, 3.05) is 13.2 Å². The van der Waals surface area contributed by atoms with E-state index in [-0.39, 0.29) is 5.91 Å². The molecule has 0 atom stereocenters. The molecule has 0 aliphatic heterocycles. The maximum absolute atomic E-state index is 11.9. The summed E-state index contributed by atoms with van der Waals surface area (Å²) < 4.78 is 13.4. The topological polar surface area (TPSA) is 69.3 Å². The van der Waals surface area contributed by atoms with Crippen LogP contribution in [0.4, 0.5) is 0 Å². The van der Waals surface area contributed by atoms with Crippen molar-refractivity contribution >= 4 is 16.9 Å². The Kier molecular flexibility index (Phi) is 8.60. The van der Waals surface area contributed by atoms with Crippen LogP contribution in [-0.4, -0.2) is 28.6 Å². The molecule has 1 amide bonds. The number of rotatable bonds is 13. The largest absolute Gasteiger partial charge is 0.494 e. The molecule has 0 fully saturated rings.